The average Bonchev–Trinajstić information content (AvgIpc) is 3.53. The maximum Gasteiger partial charge on any atom is 0.328 e. The number of anilines is 1. The molecule has 1 fully saturated rings. The van der Waals surface area contributed by atoms with Crippen LogP contribution in [-0.4, -0.2) is 47.6 Å². The Balaban J connectivity index is 1.36. The van der Waals surface area contributed by atoms with E-state index in [1.54, 1.807) is 37.3 Å². The summed E-state index contributed by atoms with van der Waals surface area (Å²) in [5.41, 5.74) is 2.67. The first-order chi connectivity index (χ1) is 21.1. The minimum atomic E-state index is -1.12. The van der Waals surface area contributed by atoms with E-state index >= 15 is 0 Å². The van der Waals surface area contributed by atoms with E-state index in [-0.39, 0.29) is 17.5 Å². The highest BCUT2D eigenvalue weighted by Crippen LogP contribution is 2.40. The van der Waals surface area contributed by atoms with Crippen molar-refractivity contribution in [1.82, 2.24) is 20.8 Å². The molecule has 0 atom stereocenters. The van der Waals surface area contributed by atoms with Gasteiger partial charge in [-0.2, -0.15) is 4.98 Å². The van der Waals surface area contributed by atoms with Crippen LogP contribution in [0.3, 0.4) is 0 Å². The predicted octanol–water partition coefficient (Wildman–Crippen LogP) is 5.18. The Morgan fingerprint density at radius 2 is 1.70 bits per heavy atom. The summed E-state index contributed by atoms with van der Waals surface area (Å²) < 4.78 is 30.2. The molecule has 11 nitrogen and oxygen atoms in total. The van der Waals surface area contributed by atoms with E-state index < -0.39 is 23.2 Å². The minimum absolute atomic E-state index is 0.0448. The van der Waals surface area contributed by atoms with Crippen LogP contribution in [0.15, 0.2) is 63.5 Å². The number of halogens is 1. The second-order valence-electron chi connectivity index (χ2n) is 10.6. The molecule has 1 aliphatic carbocycles. The Kier molecular flexibility index (Phi) is 7.12. The molecule has 0 aliphatic heterocycles. The number of nitrogens with zero attached hydrogens (tertiary/aromatic N) is 2. The topological polar surface area (TPSA) is 149 Å². The summed E-state index contributed by atoms with van der Waals surface area (Å²) in [7, 11) is 2.99. The normalized spacial score (nSPS) is 13.4. The van der Waals surface area contributed by atoms with Gasteiger partial charge in [-0.25, -0.2) is 4.39 Å². The second kappa shape index (κ2) is 11.0. The summed E-state index contributed by atoms with van der Waals surface area (Å²) in [6.45, 7) is 3.51. The monoisotopic (exact) mass is 597 g/mol. The molecular weight excluding hydrogens is 569 g/mol. The van der Waals surface area contributed by atoms with E-state index in [1.165, 1.54) is 26.3 Å². The third kappa shape index (κ3) is 5.14. The molecule has 3 aromatic carbocycles. The Hall–Kier alpha value is -5.52. The van der Waals surface area contributed by atoms with E-state index in [1.807, 2.05) is 19.1 Å². The summed E-state index contributed by atoms with van der Waals surface area (Å²) in [6.07, 6.45) is 0.878. The van der Waals surface area contributed by atoms with Crippen LogP contribution < -0.4 is 20.7 Å². The number of furan rings is 1. The molecule has 6 rings (SSSR count). The fourth-order valence-electron chi connectivity index (χ4n) is 5.14. The van der Waals surface area contributed by atoms with Gasteiger partial charge in [0.2, 0.25) is 0 Å². The van der Waals surface area contributed by atoms with Gasteiger partial charge in [0, 0.05) is 18.0 Å². The van der Waals surface area contributed by atoms with E-state index in [4.69, 9.17) is 13.7 Å². The Morgan fingerprint density at radius 3 is 2.34 bits per heavy atom. The fourth-order valence-corrected chi connectivity index (χ4v) is 5.14. The zero-order chi connectivity index (χ0) is 31.2. The van der Waals surface area contributed by atoms with Crippen LogP contribution in [-0.2, 0) is 4.79 Å². The molecule has 0 radical (unpaired) electrons. The van der Waals surface area contributed by atoms with Gasteiger partial charge in [0.05, 0.1) is 18.2 Å². The van der Waals surface area contributed by atoms with Gasteiger partial charge in [0.1, 0.15) is 28.4 Å². The highest BCUT2D eigenvalue weighted by Gasteiger charge is 2.52. The lowest BCUT2D eigenvalue weighted by Crippen LogP contribution is -2.46. The van der Waals surface area contributed by atoms with Crippen molar-refractivity contribution in [1.29, 1.82) is 0 Å². The smallest absolute Gasteiger partial charge is 0.328 e. The van der Waals surface area contributed by atoms with Gasteiger partial charge in [0.25, 0.3) is 17.7 Å². The maximum absolute atomic E-state index is 13.6. The summed E-state index contributed by atoms with van der Waals surface area (Å²) in [5.74, 6) is -0.701. The van der Waals surface area contributed by atoms with Crippen molar-refractivity contribution >= 4 is 34.7 Å². The van der Waals surface area contributed by atoms with Gasteiger partial charge >= 0.3 is 6.01 Å². The third-order valence-corrected chi connectivity index (χ3v) is 7.64. The summed E-state index contributed by atoms with van der Waals surface area (Å²) in [4.78, 5) is 43.6. The number of aryl methyl sites for hydroxylation is 2. The van der Waals surface area contributed by atoms with Gasteiger partial charge in [0.15, 0.2) is 5.82 Å². The predicted molar refractivity (Wildman–Crippen MR) is 159 cm³/mol. The molecule has 3 N–H and O–H groups in total. The Labute approximate surface area is 250 Å². The molecule has 0 unspecified atom stereocenters. The lowest BCUT2D eigenvalue weighted by Gasteiger charge is -2.18. The quantitative estimate of drug-likeness (QED) is 0.222. The summed E-state index contributed by atoms with van der Waals surface area (Å²) in [6, 6.07) is 14.5. The molecule has 3 amide bonds. The number of hydrogen-bond acceptors (Lipinski definition) is 8. The molecule has 224 valence electrons. The van der Waals surface area contributed by atoms with Crippen molar-refractivity contribution < 1.29 is 32.5 Å². The van der Waals surface area contributed by atoms with E-state index in [9.17, 15) is 18.8 Å². The molecule has 0 saturated heterocycles. The molecule has 12 heteroatoms. The number of ether oxygens (including phenoxy) is 1. The number of carbonyl (C=O) groups is 3. The lowest BCUT2D eigenvalue weighted by molar-refractivity contribution is -0.119. The van der Waals surface area contributed by atoms with Crippen molar-refractivity contribution in [3.8, 4) is 28.2 Å². The summed E-state index contributed by atoms with van der Waals surface area (Å²) >= 11 is 0. The highest BCUT2D eigenvalue weighted by molar-refractivity contribution is 6.12. The first kappa shape index (κ1) is 28.6. The van der Waals surface area contributed by atoms with Crippen molar-refractivity contribution in [2.75, 3.05) is 19.5 Å². The van der Waals surface area contributed by atoms with Gasteiger partial charge in [-0.3, -0.25) is 19.7 Å². The number of carbonyl (C=O) groups excluding carboxylic acids is 3. The molecule has 44 heavy (non-hydrogen) atoms. The SMILES string of the molecule is CNC(=O)c1c(-c2ccc(F)cc2)oc2ccc(-c3cc(C(=O)NC4(C(=O)Nc5nc(C)no5)CC4)c(OC)cc3C)cc12. The van der Waals surface area contributed by atoms with Gasteiger partial charge in [-0.15, -0.1) is 0 Å². The molecule has 2 heterocycles. The van der Waals surface area contributed by atoms with Crippen molar-refractivity contribution in [3.63, 3.8) is 0 Å². The third-order valence-electron chi connectivity index (χ3n) is 7.64. The van der Waals surface area contributed by atoms with Crippen LogP contribution in [0.2, 0.25) is 0 Å². The Morgan fingerprint density at radius 1 is 0.977 bits per heavy atom. The molecule has 0 spiro atoms. The fraction of sp³-hybridized carbons (Fsp3) is 0.219. The standard InChI is InChI=1S/C32H28FN5O6/c1-16-13-25(42-4)23(28(39)37-32(11-12-32)30(41)36-31-35-17(2)38-44-31)15-21(16)19-7-10-24-22(14-19)26(29(40)34-3)27(43-24)18-5-8-20(33)9-6-18/h5-10,13-15H,11-12H2,1-4H3,(H,34,40)(H,37,39)(H,35,36,38,41). The van der Waals surface area contributed by atoms with Gasteiger partial charge < -0.3 is 24.3 Å². The Bertz CT molecular complexity index is 1940. The second-order valence-corrected chi connectivity index (χ2v) is 10.6. The first-order valence-corrected chi connectivity index (χ1v) is 13.8. The van der Waals surface area contributed by atoms with Crippen molar-refractivity contribution in [2.45, 2.75) is 32.2 Å². The number of aromatic nitrogens is 2. The number of amides is 3. The first-order valence-electron chi connectivity index (χ1n) is 13.8. The van der Waals surface area contributed by atoms with Crippen LogP contribution in [0.4, 0.5) is 10.4 Å². The van der Waals surface area contributed by atoms with Gasteiger partial charge in [-0.05, 0) is 91.9 Å². The minimum Gasteiger partial charge on any atom is -0.496 e. The number of benzene rings is 3. The number of hydrogen-bond donors (Lipinski definition) is 3. The molecular formula is C32H28FN5O6. The molecule has 2 aromatic heterocycles. The van der Waals surface area contributed by atoms with Gasteiger partial charge in [-0.1, -0.05) is 11.2 Å². The van der Waals surface area contributed by atoms with E-state index in [0.717, 1.165) is 5.56 Å². The van der Waals surface area contributed by atoms with Crippen LogP contribution >= 0.6 is 0 Å². The van der Waals surface area contributed by atoms with Crippen LogP contribution in [0.1, 0.15) is 44.9 Å². The number of rotatable bonds is 8. The largest absolute Gasteiger partial charge is 0.496 e. The zero-order valence-corrected chi connectivity index (χ0v) is 24.3. The lowest BCUT2D eigenvalue weighted by atomic mass is 9.95. The summed E-state index contributed by atoms with van der Waals surface area (Å²) in [5, 5.41) is 12.3. The average molecular weight is 598 g/mol. The van der Waals surface area contributed by atoms with E-state index in [2.05, 4.69) is 26.1 Å². The molecule has 1 aliphatic rings. The number of fused-ring (bicyclic) bond motifs is 1. The molecule has 0 bridgehead atoms. The van der Waals surface area contributed by atoms with Crippen LogP contribution in [0, 0.1) is 19.7 Å². The van der Waals surface area contributed by atoms with Crippen LogP contribution in [0.5, 0.6) is 5.75 Å². The highest BCUT2D eigenvalue weighted by atomic mass is 19.1. The maximum atomic E-state index is 13.6. The molecule has 1 saturated carbocycles. The number of nitrogens with one attached hydrogen (secondary N) is 3. The zero-order valence-electron chi connectivity index (χ0n) is 24.3. The van der Waals surface area contributed by atoms with E-state index in [0.29, 0.717) is 63.4 Å². The van der Waals surface area contributed by atoms with Crippen LogP contribution in [0.25, 0.3) is 33.4 Å². The number of methoxy groups -OCH3 is 1. The molecule has 5 aromatic rings. The van der Waals surface area contributed by atoms with Crippen molar-refractivity contribution in [3.05, 3.63) is 82.9 Å². The van der Waals surface area contributed by atoms with Crippen molar-refractivity contribution in [2.24, 2.45) is 0 Å².